The number of rotatable bonds is 5. The second-order valence-electron chi connectivity index (χ2n) is 7.27. The number of methoxy groups -OCH3 is 1. The number of hydrogen-bond donors (Lipinski definition) is 1. The first-order valence-corrected chi connectivity index (χ1v) is 10.5. The number of aromatic nitrogens is 3. The zero-order valence-electron chi connectivity index (χ0n) is 16.6. The molecular weight excluding hydrogens is 406 g/mol. The smallest absolute Gasteiger partial charge is 0.202 e. The van der Waals surface area contributed by atoms with Crippen molar-refractivity contribution in [2.45, 2.75) is 6.67 Å². The molecule has 29 heavy (non-hydrogen) atoms. The predicted molar refractivity (Wildman–Crippen MR) is 118 cm³/mol. The van der Waals surface area contributed by atoms with Gasteiger partial charge in [-0.1, -0.05) is 17.7 Å². The highest BCUT2D eigenvalue weighted by molar-refractivity contribution is 7.71. The van der Waals surface area contributed by atoms with Gasteiger partial charge in [-0.3, -0.25) is 0 Å². The summed E-state index contributed by atoms with van der Waals surface area (Å²) in [6.45, 7) is 4.81. The summed E-state index contributed by atoms with van der Waals surface area (Å²) >= 11 is 11.8. The lowest BCUT2D eigenvalue weighted by molar-refractivity contribution is -0.924. The fourth-order valence-electron chi connectivity index (χ4n) is 3.71. The molecule has 4 rings (SSSR count). The number of hydrogen-bond acceptors (Lipinski definition) is 4. The summed E-state index contributed by atoms with van der Waals surface area (Å²) in [5.74, 6) is 1.70. The highest BCUT2D eigenvalue weighted by Crippen LogP contribution is 2.21. The minimum Gasteiger partial charge on any atom is -0.497 e. The molecule has 0 bridgehead atoms. The molecule has 1 saturated heterocycles. The molecule has 2 aromatic carbocycles. The molecule has 0 radical (unpaired) electrons. The quantitative estimate of drug-likeness (QED) is 0.632. The first-order valence-electron chi connectivity index (χ1n) is 9.67. The first kappa shape index (κ1) is 19.9. The minimum absolute atomic E-state index is 0.737. The Kier molecular flexibility index (Phi) is 5.89. The van der Waals surface area contributed by atoms with Gasteiger partial charge in [-0.15, -0.1) is 5.10 Å². The van der Waals surface area contributed by atoms with Crippen molar-refractivity contribution in [3.05, 3.63) is 58.3 Å². The van der Waals surface area contributed by atoms with Gasteiger partial charge in [0.15, 0.2) is 12.5 Å². The highest BCUT2D eigenvalue weighted by Gasteiger charge is 2.22. The van der Waals surface area contributed by atoms with E-state index in [-0.39, 0.29) is 0 Å². The van der Waals surface area contributed by atoms with Crippen LogP contribution < -0.4 is 14.5 Å². The molecule has 8 heteroatoms. The predicted octanol–water partition coefficient (Wildman–Crippen LogP) is 2.64. The molecule has 0 aliphatic carbocycles. The molecule has 6 nitrogen and oxygen atoms in total. The number of nitrogens with zero attached hydrogens (tertiary/aromatic N) is 4. The summed E-state index contributed by atoms with van der Waals surface area (Å²) < 4.78 is 9.90. The largest absolute Gasteiger partial charge is 0.497 e. The lowest BCUT2D eigenvalue weighted by Gasteiger charge is -2.33. The standard InChI is InChI=1S/C21H24ClN5OS/c1-24-20(16-6-8-19(28-2)9-7-16)23-27(21(24)29)15-25-10-12-26(13-11-25)18-5-3-4-17(22)14-18/h3-9,14H,10-13,15H2,1-2H3/p+1. The summed E-state index contributed by atoms with van der Waals surface area (Å²) in [6, 6.07) is 16.0. The van der Waals surface area contributed by atoms with E-state index in [1.165, 1.54) is 10.6 Å². The Morgan fingerprint density at radius 1 is 1.14 bits per heavy atom. The van der Waals surface area contributed by atoms with Gasteiger partial charge >= 0.3 is 0 Å². The summed E-state index contributed by atoms with van der Waals surface area (Å²) in [6.07, 6.45) is 0. The molecule has 0 saturated carbocycles. The number of ether oxygens (including phenoxy) is 1. The van der Waals surface area contributed by atoms with E-state index in [1.54, 1.807) is 7.11 Å². The lowest BCUT2D eigenvalue weighted by atomic mass is 10.2. The Bertz CT molecular complexity index is 1040. The van der Waals surface area contributed by atoms with Crippen LogP contribution in [0, 0.1) is 4.77 Å². The molecule has 2 heterocycles. The number of anilines is 1. The van der Waals surface area contributed by atoms with Crippen LogP contribution in [-0.2, 0) is 13.7 Å². The van der Waals surface area contributed by atoms with Gasteiger partial charge in [0.2, 0.25) is 4.77 Å². The molecule has 1 aliphatic rings. The van der Waals surface area contributed by atoms with Crippen LogP contribution in [0.15, 0.2) is 48.5 Å². The van der Waals surface area contributed by atoms with E-state index in [0.717, 1.165) is 59.8 Å². The molecule has 0 unspecified atom stereocenters. The summed E-state index contributed by atoms with van der Waals surface area (Å²) in [5, 5.41) is 5.58. The maximum atomic E-state index is 6.14. The van der Waals surface area contributed by atoms with Crippen LogP contribution in [0.2, 0.25) is 5.02 Å². The second kappa shape index (κ2) is 8.57. The van der Waals surface area contributed by atoms with Gasteiger partial charge in [0.05, 0.1) is 33.3 Å². The molecule has 3 aromatic rings. The van der Waals surface area contributed by atoms with Crippen LogP contribution in [0.1, 0.15) is 0 Å². The van der Waals surface area contributed by atoms with E-state index in [9.17, 15) is 0 Å². The van der Waals surface area contributed by atoms with Crippen LogP contribution in [0.5, 0.6) is 5.75 Å². The molecular formula is C21H25ClN5OS+. The molecule has 0 spiro atoms. The molecule has 1 fully saturated rings. The number of piperazine rings is 1. The zero-order valence-corrected chi connectivity index (χ0v) is 18.2. The Balaban J connectivity index is 1.44. The monoisotopic (exact) mass is 430 g/mol. The maximum Gasteiger partial charge on any atom is 0.202 e. The number of quaternary nitrogens is 1. The summed E-state index contributed by atoms with van der Waals surface area (Å²) in [5.41, 5.74) is 2.21. The fraction of sp³-hybridized carbons (Fsp3) is 0.333. The van der Waals surface area contributed by atoms with Crippen molar-refractivity contribution in [1.82, 2.24) is 14.3 Å². The first-order chi connectivity index (χ1) is 14.0. The average molecular weight is 431 g/mol. The maximum absolute atomic E-state index is 6.14. The van der Waals surface area contributed by atoms with E-state index in [2.05, 4.69) is 11.0 Å². The van der Waals surface area contributed by atoms with Crippen LogP contribution >= 0.6 is 23.8 Å². The molecule has 1 aliphatic heterocycles. The van der Waals surface area contributed by atoms with Crippen molar-refractivity contribution in [2.75, 3.05) is 38.2 Å². The van der Waals surface area contributed by atoms with Gasteiger partial charge in [-0.25, -0.2) is 0 Å². The van der Waals surface area contributed by atoms with Crippen molar-refractivity contribution in [2.24, 2.45) is 7.05 Å². The van der Waals surface area contributed by atoms with E-state index in [4.69, 9.17) is 33.7 Å². The number of nitrogens with one attached hydrogen (secondary N) is 1. The topological polar surface area (TPSA) is 39.7 Å². The molecule has 1 N–H and O–H groups in total. The van der Waals surface area contributed by atoms with Crippen LogP contribution in [0.25, 0.3) is 11.4 Å². The SMILES string of the molecule is COc1ccc(-c2nn(C[NH+]3CCN(c4cccc(Cl)c4)CC3)c(=S)n2C)cc1. The third-order valence-corrected chi connectivity index (χ3v) is 6.13. The third-order valence-electron chi connectivity index (χ3n) is 5.41. The third kappa shape index (κ3) is 4.32. The van der Waals surface area contributed by atoms with Crippen molar-refractivity contribution in [1.29, 1.82) is 0 Å². The van der Waals surface area contributed by atoms with Gasteiger partial charge in [0, 0.05) is 23.3 Å². The van der Waals surface area contributed by atoms with Gasteiger partial charge < -0.3 is 19.1 Å². The van der Waals surface area contributed by atoms with Crippen molar-refractivity contribution < 1.29 is 9.64 Å². The molecule has 152 valence electrons. The van der Waals surface area contributed by atoms with Crippen molar-refractivity contribution >= 4 is 29.5 Å². The number of halogens is 1. The molecule has 0 amide bonds. The molecule has 1 aromatic heterocycles. The summed E-state index contributed by atoms with van der Waals surface area (Å²) in [7, 11) is 3.64. The normalized spacial score (nSPS) is 14.9. The minimum atomic E-state index is 0.737. The van der Waals surface area contributed by atoms with E-state index in [0.29, 0.717) is 0 Å². The second-order valence-corrected chi connectivity index (χ2v) is 8.07. The zero-order chi connectivity index (χ0) is 20.4. The van der Waals surface area contributed by atoms with Crippen LogP contribution in [-0.4, -0.2) is 47.6 Å². The lowest BCUT2D eigenvalue weighted by Crippen LogP contribution is -3.14. The van der Waals surface area contributed by atoms with Crippen LogP contribution in [0.3, 0.4) is 0 Å². The fourth-order valence-corrected chi connectivity index (χ4v) is 4.08. The Hall–Kier alpha value is -2.35. The van der Waals surface area contributed by atoms with E-state index < -0.39 is 0 Å². The van der Waals surface area contributed by atoms with Crippen LogP contribution in [0.4, 0.5) is 5.69 Å². The van der Waals surface area contributed by atoms with E-state index in [1.807, 2.05) is 58.8 Å². The van der Waals surface area contributed by atoms with Gasteiger partial charge in [0.25, 0.3) is 0 Å². The Morgan fingerprint density at radius 3 is 2.52 bits per heavy atom. The summed E-state index contributed by atoms with van der Waals surface area (Å²) in [4.78, 5) is 3.86. The van der Waals surface area contributed by atoms with Gasteiger partial charge in [0.1, 0.15) is 5.75 Å². The molecule has 0 atom stereocenters. The van der Waals surface area contributed by atoms with Crippen molar-refractivity contribution in [3.8, 4) is 17.1 Å². The van der Waals surface area contributed by atoms with Gasteiger partial charge in [-0.05, 0) is 54.7 Å². The Labute approximate surface area is 180 Å². The average Bonchev–Trinajstić information content (AvgIpc) is 3.03. The highest BCUT2D eigenvalue weighted by atomic mass is 35.5. The Morgan fingerprint density at radius 2 is 1.86 bits per heavy atom. The number of benzene rings is 2. The van der Waals surface area contributed by atoms with E-state index >= 15 is 0 Å². The van der Waals surface area contributed by atoms with Crippen molar-refractivity contribution in [3.63, 3.8) is 0 Å². The van der Waals surface area contributed by atoms with Gasteiger partial charge in [-0.2, -0.15) is 4.68 Å².